The molecule has 2 aromatic carbocycles. The Morgan fingerprint density at radius 3 is 2.41 bits per heavy atom. The van der Waals surface area contributed by atoms with E-state index in [0.29, 0.717) is 55.3 Å². The molecule has 11 heteroatoms. The number of fused-ring (bicyclic) bond motifs is 1. The smallest absolute Gasteiger partial charge is 0.320 e. The summed E-state index contributed by atoms with van der Waals surface area (Å²) in [5.74, 6) is 1.07. The molecule has 2 amide bonds. The number of urea groups is 1. The van der Waals surface area contributed by atoms with Gasteiger partial charge in [0.1, 0.15) is 23.2 Å². The fourth-order valence-corrected chi connectivity index (χ4v) is 5.64. The molecule has 11 nitrogen and oxygen atoms in total. The maximum absolute atomic E-state index is 13.4. The minimum atomic E-state index is -0.471. The van der Waals surface area contributed by atoms with Crippen LogP contribution in [0.5, 0.6) is 5.75 Å². The Bertz CT molecular complexity index is 1690. The lowest BCUT2D eigenvalue weighted by molar-refractivity contribution is 0.170. The van der Waals surface area contributed by atoms with Gasteiger partial charge in [0.25, 0.3) is 0 Å². The number of nitrogens with one attached hydrogen (secondary N) is 5. The molecule has 0 saturated carbocycles. The van der Waals surface area contributed by atoms with Gasteiger partial charge in [0.15, 0.2) is 0 Å². The third-order valence-corrected chi connectivity index (χ3v) is 8.44. The zero-order valence-corrected chi connectivity index (χ0v) is 26.9. The van der Waals surface area contributed by atoms with E-state index in [4.69, 9.17) is 21.0 Å². The lowest BCUT2D eigenvalue weighted by Crippen LogP contribution is -2.43. The van der Waals surface area contributed by atoms with E-state index in [1.54, 1.807) is 23.2 Å². The van der Waals surface area contributed by atoms with Crippen LogP contribution in [0.1, 0.15) is 75.3 Å². The second-order valence-electron chi connectivity index (χ2n) is 13.1. The van der Waals surface area contributed by atoms with E-state index in [9.17, 15) is 9.90 Å². The van der Waals surface area contributed by atoms with E-state index in [1.807, 2.05) is 76.2 Å². The van der Waals surface area contributed by atoms with E-state index in [2.05, 4.69) is 15.6 Å². The highest BCUT2D eigenvalue weighted by Gasteiger charge is 2.30. The largest absolute Gasteiger partial charge is 0.484 e. The summed E-state index contributed by atoms with van der Waals surface area (Å²) >= 11 is 0. The summed E-state index contributed by atoms with van der Waals surface area (Å²) in [6, 6.07) is 18.3. The standard InChI is InChI=1S/C35H44N8O3/c1-22-9-11-23(12-10-22)39-32(19-30(36)35(2,3)4)41-34(45)40-28-14-15-29(27-8-6-5-7-26(27)28)46-25-13-16-31(37)43(21-25)33(38)42-18-17-24(44)20-42/h5-13,16,21,24,28-29,36-38,44H,14-15,17-20H2,1-4H3,(H2,39,40,41,45). The molecule has 2 heterocycles. The quantitative estimate of drug-likeness (QED) is 0.156. The van der Waals surface area contributed by atoms with Crippen molar-refractivity contribution in [3.8, 4) is 5.75 Å². The molecule has 3 atom stereocenters. The second kappa shape index (κ2) is 13.7. The molecule has 2 aliphatic rings. The van der Waals surface area contributed by atoms with Crippen molar-refractivity contribution in [1.29, 1.82) is 16.2 Å². The molecule has 1 fully saturated rings. The average Bonchev–Trinajstić information content (AvgIpc) is 3.45. The third-order valence-electron chi connectivity index (χ3n) is 8.44. The highest BCUT2D eigenvalue weighted by Crippen LogP contribution is 2.38. The zero-order valence-electron chi connectivity index (χ0n) is 26.9. The Labute approximate surface area is 269 Å². The van der Waals surface area contributed by atoms with Gasteiger partial charge in [0, 0.05) is 25.2 Å². The number of rotatable bonds is 6. The first kappa shape index (κ1) is 32.6. The molecule has 5 rings (SSSR count). The Morgan fingerprint density at radius 2 is 1.74 bits per heavy atom. The molecule has 1 aliphatic heterocycles. The molecule has 0 spiro atoms. The van der Waals surface area contributed by atoms with Gasteiger partial charge in [-0.15, -0.1) is 0 Å². The molecular weight excluding hydrogens is 580 g/mol. The van der Waals surface area contributed by atoms with Crippen molar-refractivity contribution in [3.63, 3.8) is 0 Å². The molecule has 0 bridgehead atoms. The van der Waals surface area contributed by atoms with Crippen LogP contribution in [0.15, 0.2) is 71.9 Å². The Kier molecular flexibility index (Phi) is 9.71. The first-order chi connectivity index (χ1) is 21.9. The number of carbonyl (C=O) groups is 1. The average molecular weight is 625 g/mol. The summed E-state index contributed by atoms with van der Waals surface area (Å²) in [6.07, 6.45) is 2.99. The van der Waals surface area contributed by atoms with Gasteiger partial charge in [-0.05, 0) is 67.0 Å². The Morgan fingerprint density at radius 1 is 1.02 bits per heavy atom. The number of amides is 2. The molecule has 6 N–H and O–H groups in total. The van der Waals surface area contributed by atoms with Gasteiger partial charge in [-0.1, -0.05) is 62.7 Å². The van der Waals surface area contributed by atoms with Gasteiger partial charge in [0.2, 0.25) is 5.96 Å². The van der Waals surface area contributed by atoms with E-state index in [1.165, 1.54) is 4.57 Å². The number of likely N-dealkylation sites (tertiary alicyclic amines) is 1. The van der Waals surface area contributed by atoms with Crippen LogP contribution in [0, 0.1) is 28.6 Å². The SMILES string of the molecule is Cc1ccc(N=C(CC(=N)C(C)(C)C)NC(=O)NC2CCC(Oc3ccc(=N)n(C(=N)N4CCC(O)C4)c3)c3ccccc32)cc1. The zero-order chi connectivity index (χ0) is 33.0. The summed E-state index contributed by atoms with van der Waals surface area (Å²) in [4.78, 5) is 19.8. The van der Waals surface area contributed by atoms with Crippen LogP contribution in [0.2, 0.25) is 0 Å². The highest BCUT2D eigenvalue weighted by molar-refractivity contribution is 6.09. The maximum atomic E-state index is 13.4. The van der Waals surface area contributed by atoms with Gasteiger partial charge in [0.05, 0.1) is 24.0 Å². The van der Waals surface area contributed by atoms with Gasteiger partial charge in [-0.2, -0.15) is 0 Å². The number of benzene rings is 2. The molecule has 242 valence electrons. The van der Waals surface area contributed by atoms with Crippen molar-refractivity contribution in [3.05, 3.63) is 89.0 Å². The van der Waals surface area contributed by atoms with Crippen molar-refractivity contribution in [2.45, 2.75) is 71.6 Å². The first-order valence-corrected chi connectivity index (χ1v) is 15.7. The molecule has 3 aromatic rings. The number of aliphatic imine (C=N–C) groups is 1. The van der Waals surface area contributed by atoms with Crippen LogP contribution in [0.4, 0.5) is 10.5 Å². The first-order valence-electron chi connectivity index (χ1n) is 15.7. The number of aryl methyl sites for hydroxylation is 1. The van der Waals surface area contributed by atoms with Crippen molar-refractivity contribution < 1.29 is 14.6 Å². The number of pyridine rings is 1. The van der Waals surface area contributed by atoms with E-state index in [0.717, 1.165) is 16.7 Å². The number of carbonyl (C=O) groups excluding carboxylic acids is 1. The van der Waals surface area contributed by atoms with Gasteiger partial charge in [-0.3, -0.25) is 20.7 Å². The fraction of sp³-hybridized carbons (Fsp3) is 0.400. The number of aliphatic hydroxyl groups is 1. The lowest BCUT2D eigenvalue weighted by atomic mass is 9.85. The number of aromatic nitrogens is 1. The summed E-state index contributed by atoms with van der Waals surface area (Å²) in [6.45, 7) is 8.85. The monoisotopic (exact) mass is 624 g/mol. The fourth-order valence-electron chi connectivity index (χ4n) is 5.64. The number of nitrogens with zero attached hydrogens (tertiary/aromatic N) is 3. The van der Waals surface area contributed by atoms with Crippen molar-refractivity contribution in [1.82, 2.24) is 20.1 Å². The van der Waals surface area contributed by atoms with Gasteiger partial charge >= 0.3 is 6.03 Å². The van der Waals surface area contributed by atoms with Crippen molar-refractivity contribution >= 4 is 29.2 Å². The minimum Gasteiger partial charge on any atom is -0.484 e. The van der Waals surface area contributed by atoms with Crippen LogP contribution in [0.3, 0.4) is 0 Å². The number of β-amino-alcohol motifs (C(OH)–C–C–N with tert-alkyl or cyclic N) is 1. The van der Waals surface area contributed by atoms with E-state index < -0.39 is 6.10 Å². The summed E-state index contributed by atoms with van der Waals surface area (Å²) in [5, 5.41) is 41.5. The van der Waals surface area contributed by atoms with Gasteiger partial charge in [-0.25, -0.2) is 9.79 Å². The molecule has 1 aromatic heterocycles. The highest BCUT2D eigenvalue weighted by atomic mass is 16.5. The van der Waals surface area contributed by atoms with Crippen molar-refractivity contribution in [2.75, 3.05) is 13.1 Å². The minimum absolute atomic E-state index is 0.134. The molecule has 0 radical (unpaired) electrons. The molecule has 1 aliphatic carbocycles. The predicted octanol–water partition coefficient (Wildman–Crippen LogP) is 5.57. The number of hydrogen-bond acceptors (Lipinski definition) is 7. The van der Waals surface area contributed by atoms with Gasteiger partial charge < -0.3 is 25.5 Å². The van der Waals surface area contributed by atoms with Crippen LogP contribution in [-0.4, -0.2) is 57.3 Å². The second-order valence-corrected chi connectivity index (χ2v) is 13.1. The molecule has 1 saturated heterocycles. The molecule has 46 heavy (non-hydrogen) atoms. The lowest BCUT2D eigenvalue weighted by Gasteiger charge is -2.32. The number of amidine groups is 1. The summed E-state index contributed by atoms with van der Waals surface area (Å²) in [5.41, 5.74) is 4.00. The Balaban J connectivity index is 1.30. The number of hydrogen-bond donors (Lipinski definition) is 6. The number of ether oxygens (including phenoxy) is 1. The van der Waals surface area contributed by atoms with E-state index >= 15 is 0 Å². The molecule has 3 unspecified atom stereocenters. The van der Waals surface area contributed by atoms with Crippen LogP contribution in [0.25, 0.3) is 0 Å². The molecular formula is C35H44N8O3. The van der Waals surface area contributed by atoms with Crippen LogP contribution in [-0.2, 0) is 0 Å². The van der Waals surface area contributed by atoms with Crippen molar-refractivity contribution in [2.24, 2.45) is 10.4 Å². The summed E-state index contributed by atoms with van der Waals surface area (Å²) in [7, 11) is 0. The van der Waals surface area contributed by atoms with E-state index in [-0.39, 0.29) is 41.5 Å². The maximum Gasteiger partial charge on any atom is 0.320 e. The number of aliphatic hydroxyl groups excluding tert-OH is 1. The summed E-state index contributed by atoms with van der Waals surface area (Å²) < 4.78 is 7.90. The third kappa shape index (κ3) is 7.89. The Hall–Kier alpha value is -4.77. The predicted molar refractivity (Wildman–Crippen MR) is 179 cm³/mol. The van der Waals surface area contributed by atoms with Crippen LogP contribution >= 0.6 is 0 Å². The normalized spacial score (nSPS) is 19.7. The topological polar surface area (TPSA) is 163 Å². The van der Waals surface area contributed by atoms with Crippen LogP contribution < -0.4 is 20.9 Å².